The summed E-state index contributed by atoms with van der Waals surface area (Å²) in [5.74, 6) is 0.852. The minimum Gasteiger partial charge on any atom is -0.393 e. The predicted octanol–water partition coefficient (Wildman–Crippen LogP) is 3.69. The summed E-state index contributed by atoms with van der Waals surface area (Å²) in [6, 6.07) is 7.62. The van der Waals surface area contributed by atoms with Gasteiger partial charge in [0.2, 0.25) is 0 Å². The topological polar surface area (TPSA) is 79.2 Å². The summed E-state index contributed by atoms with van der Waals surface area (Å²) in [5, 5.41) is 19.6. The van der Waals surface area contributed by atoms with E-state index in [1.807, 2.05) is 38.1 Å². The number of aliphatic hydroxyl groups is 1. The van der Waals surface area contributed by atoms with E-state index in [0.29, 0.717) is 18.8 Å². The first-order chi connectivity index (χ1) is 11.8. The Morgan fingerprint density at radius 2 is 1.96 bits per heavy atom. The van der Waals surface area contributed by atoms with Crippen LogP contribution < -0.4 is 10.6 Å². The molecule has 6 nitrogen and oxygen atoms in total. The van der Waals surface area contributed by atoms with Crippen molar-refractivity contribution < 1.29 is 9.90 Å². The van der Waals surface area contributed by atoms with Gasteiger partial charge in [0, 0.05) is 23.6 Å². The van der Waals surface area contributed by atoms with Gasteiger partial charge in [-0.05, 0) is 43.9 Å². The Hall–Kier alpha value is -1.86. The molecule has 2 amide bonds. The number of aliphatic hydroxyl groups excluding tert-OH is 1. The van der Waals surface area contributed by atoms with Crippen LogP contribution in [0, 0.1) is 12.8 Å². The van der Waals surface area contributed by atoms with E-state index in [1.54, 1.807) is 18.7 Å². The van der Waals surface area contributed by atoms with E-state index >= 15 is 0 Å². The van der Waals surface area contributed by atoms with Crippen molar-refractivity contribution in [2.75, 3.05) is 11.9 Å². The molecule has 3 N–H and O–H groups in total. The lowest BCUT2D eigenvalue weighted by molar-refractivity contribution is 0.163. The van der Waals surface area contributed by atoms with Gasteiger partial charge in [0.1, 0.15) is 5.82 Å². The Kier molecular flexibility index (Phi) is 6.61. The fourth-order valence-corrected chi connectivity index (χ4v) is 3.11. The number of amides is 2. The normalized spacial score (nSPS) is 13.4. The minimum absolute atomic E-state index is 0.199. The third-order valence-corrected chi connectivity index (χ3v) is 4.47. The number of aromatic nitrogens is 2. The molecular formula is C18H25BrN4O2. The van der Waals surface area contributed by atoms with E-state index < -0.39 is 0 Å². The fraction of sp³-hybridized carbons (Fsp3) is 0.444. The highest BCUT2D eigenvalue weighted by Gasteiger charge is 2.17. The summed E-state index contributed by atoms with van der Waals surface area (Å²) in [7, 11) is 1.81. The Balaban J connectivity index is 2.11. The molecule has 0 aliphatic carbocycles. The zero-order valence-corrected chi connectivity index (χ0v) is 16.6. The van der Waals surface area contributed by atoms with Gasteiger partial charge >= 0.3 is 6.03 Å². The lowest BCUT2D eigenvalue weighted by Gasteiger charge is -2.15. The molecule has 0 saturated heterocycles. The van der Waals surface area contributed by atoms with Gasteiger partial charge < -0.3 is 10.4 Å². The molecule has 1 aromatic carbocycles. The average molecular weight is 409 g/mol. The Bertz CT molecular complexity index is 725. The summed E-state index contributed by atoms with van der Waals surface area (Å²) < 4.78 is 2.67. The van der Waals surface area contributed by atoms with E-state index in [-0.39, 0.29) is 18.1 Å². The number of benzene rings is 1. The third-order valence-electron chi connectivity index (χ3n) is 3.94. The van der Waals surface area contributed by atoms with E-state index in [9.17, 15) is 9.90 Å². The second kappa shape index (κ2) is 8.49. The van der Waals surface area contributed by atoms with Gasteiger partial charge in [0.05, 0.1) is 11.8 Å². The van der Waals surface area contributed by atoms with Crippen molar-refractivity contribution in [3.63, 3.8) is 0 Å². The summed E-state index contributed by atoms with van der Waals surface area (Å²) in [6.07, 6.45) is 0.276. The van der Waals surface area contributed by atoms with Gasteiger partial charge in [0.25, 0.3) is 0 Å². The molecule has 0 saturated carbocycles. The number of carbonyl (C=O) groups excluding carboxylic acids is 1. The van der Waals surface area contributed by atoms with Crippen molar-refractivity contribution in [1.29, 1.82) is 0 Å². The molecule has 0 bridgehead atoms. The predicted molar refractivity (Wildman–Crippen MR) is 104 cm³/mol. The van der Waals surface area contributed by atoms with Crippen LogP contribution in [-0.4, -0.2) is 33.6 Å². The molecule has 0 unspecified atom stereocenters. The average Bonchev–Trinajstić information content (AvgIpc) is 2.80. The molecule has 1 heterocycles. The van der Waals surface area contributed by atoms with Crippen molar-refractivity contribution in [1.82, 2.24) is 15.1 Å². The molecule has 2 aromatic rings. The monoisotopic (exact) mass is 408 g/mol. The van der Waals surface area contributed by atoms with Crippen LogP contribution in [0.15, 0.2) is 28.7 Å². The summed E-state index contributed by atoms with van der Waals surface area (Å²) >= 11 is 3.43. The maximum absolute atomic E-state index is 12.3. The van der Waals surface area contributed by atoms with Gasteiger partial charge in [-0.25, -0.2) is 4.79 Å². The highest BCUT2D eigenvalue weighted by molar-refractivity contribution is 9.10. The van der Waals surface area contributed by atoms with Crippen LogP contribution >= 0.6 is 15.9 Å². The first-order valence-corrected chi connectivity index (χ1v) is 9.09. The molecule has 2 rings (SSSR count). The van der Waals surface area contributed by atoms with Crippen molar-refractivity contribution >= 4 is 27.8 Å². The van der Waals surface area contributed by atoms with Crippen LogP contribution in [0.2, 0.25) is 0 Å². The smallest absolute Gasteiger partial charge is 0.320 e. The lowest BCUT2D eigenvalue weighted by Crippen LogP contribution is -2.33. The molecule has 25 heavy (non-hydrogen) atoms. The standard InChI is InChI=1S/C18H25BrN4O2/c1-11(9-12(2)24)10-20-18(25)21-17-16(13(3)22-23(17)4)14-5-7-15(19)8-6-14/h5-8,11-12,24H,9-10H2,1-4H3,(H2,20,21,25)/t11-,12+/m1/s1. The SMILES string of the molecule is Cc1nn(C)c(NC(=O)NC[C@H](C)C[C@H](C)O)c1-c1ccc(Br)cc1. The van der Waals surface area contributed by atoms with Gasteiger partial charge in [0.15, 0.2) is 0 Å². The molecule has 0 spiro atoms. The highest BCUT2D eigenvalue weighted by Crippen LogP contribution is 2.31. The first kappa shape index (κ1) is 19.5. The highest BCUT2D eigenvalue weighted by atomic mass is 79.9. The van der Waals surface area contributed by atoms with Crippen molar-refractivity contribution in [2.24, 2.45) is 13.0 Å². The summed E-state index contributed by atoms with van der Waals surface area (Å²) in [5.41, 5.74) is 2.75. The number of anilines is 1. The van der Waals surface area contributed by atoms with Crippen LogP contribution in [0.1, 0.15) is 26.0 Å². The molecule has 0 radical (unpaired) electrons. The molecule has 136 valence electrons. The number of hydrogen-bond acceptors (Lipinski definition) is 3. The second-order valence-electron chi connectivity index (χ2n) is 6.46. The van der Waals surface area contributed by atoms with Crippen LogP contribution in [0.3, 0.4) is 0 Å². The van der Waals surface area contributed by atoms with E-state index in [4.69, 9.17) is 0 Å². The summed E-state index contributed by atoms with van der Waals surface area (Å²) in [4.78, 5) is 12.3. The second-order valence-corrected chi connectivity index (χ2v) is 7.38. The van der Waals surface area contributed by atoms with Crippen LogP contribution in [0.4, 0.5) is 10.6 Å². The lowest BCUT2D eigenvalue weighted by atomic mass is 10.1. The number of nitrogens with zero attached hydrogens (tertiary/aromatic N) is 2. The van der Waals surface area contributed by atoms with Gasteiger partial charge in [-0.1, -0.05) is 35.0 Å². The quantitative estimate of drug-likeness (QED) is 0.681. The zero-order valence-electron chi connectivity index (χ0n) is 15.0. The van der Waals surface area contributed by atoms with Crippen LogP contribution in [0.5, 0.6) is 0 Å². The maximum atomic E-state index is 12.3. The number of nitrogens with one attached hydrogen (secondary N) is 2. The van der Waals surface area contributed by atoms with Crippen LogP contribution in [-0.2, 0) is 7.05 Å². The molecule has 1 aromatic heterocycles. The molecule has 7 heteroatoms. The number of carbonyl (C=O) groups is 1. The molecular weight excluding hydrogens is 384 g/mol. The maximum Gasteiger partial charge on any atom is 0.320 e. The molecule has 0 aliphatic rings. The first-order valence-electron chi connectivity index (χ1n) is 8.30. The summed E-state index contributed by atoms with van der Waals surface area (Å²) in [6.45, 7) is 6.17. The number of hydrogen-bond donors (Lipinski definition) is 3. The number of halogens is 1. The van der Waals surface area contributed by atoms with Gasteiger partial charge in [-0.2, -0.15) is 5.10 Å². The Morgan fingerprint density at radius 3 is 2.56 bits per heavy atom. The van der Waals surface area contributed by atoms with Crippen molar-refractivity contribution in [3.05, 3.63) is 34.4 Å². The van der Waals surface area contributed by atoms with Crippen molar-refractivity contribution in [3.8, 4) is 11.1 Å². The number of aryl methyl sites for hydroxylation is 2. The number of urea groups is 1. The van der Waals surface area contributed by atoms with E-state index in [1.165, 1.54) is 0 Å². The van der Waals surface area contributed by atoms with Crippen LogP contribution in [0.25, 0.3) is 11.1 Å². The van der Waals surface area contributed by atoms with Crippen molar-refractivity contribution in [2.45, 2.75) is 33.3 Å². The van der Waals surface area contributed by atoms with Gasteiger partial charge in [-0.15, -0.1) is 0 Å². The fourth-order valence-electron chi connectivity index (χ4n) is 2.85. The molecule has 0 aliphatic heterocycles. The molecule has 2 atom stereocenters. The Labute approximate surface area is 156 Å². The molecule has 0 fully saturated rings. The minimum atomic E-state index is -0.372. The Morgan fingerprint density at radius 1 is 1.32 bits per heavy atom. The zero-order chi connectivity index (χ0) is 18.6. The van der Waals surface area contributed by atoms with E-state index in [0.717, 1.165) is 21.3 Å². The van der Waals surface area contributed by atoms with E-state index in [2.05, 4.69) is 31.7 Å². The third kappa shape index (κ3) is 5.31. The number of rotatable bonds is 6. The largest absolute Gasteiger partial charge is 0.393 e. The van der Waals surface area contributed by atoms with Gasteiger partial charge in [-0.3, -0.25) is 10.00 Å².